The van der Waals surface area contributed by atoms with E-state index in [0.29, 0.717) is 64.8 Å². The van der Waals surface area contributed by atoms with E-state index < -0.39 is 30.6 Å². The molecule has 0 unspecified atom stereocenters. The number of nitrogens with zero attached hydrogens (tertiary/aromatic N) is 6. The Labute approximate surface area is 359 Å². The average Bonchev–Trinajstić information content (AvgIpc) is 3.90. The molecular weight excluding hydrogens is 805 g/mol. The molecule has 9 rings (SSSR count). The molecule has 0 saturated carbocycles. The zero-order valence-electron chi connectivity index (χ0n) is 34.8. The summed E-state index contributed by atoms with van der Waals surface area (Å²) in [5, 5.41) is 31.4. The van der Waals surface area contributed by atoms with E-state index in [1.165, 1.54) is 12.1 Å². The first-order chi connectivity index (χ1) is 29.9. The third-order valence-electron chi connectivity index (χ3n) is 12.8. The van der Waals surface area contributed by atoms with Crippen molar-refractivity contribution in [3.63, 3.8) is 0 Å². The summed E-state index contributed by atoms with van der Waals surface area (Å²) in [5.41, 5.74) is 2.37. The SMILES string of the molecule is COc1ccc([Si](C)(C)[C@H]2[C@H](CCn3cc(CCO)nn3)O[C@@]3(C(=O)N(Cc4ccc(N5C(=O)c6ccccc6Oc6ccccc65)cc4)c4ccc([N+](=O)[O-])cc43)[C@@H]2C)cc1. The number of nitro groups is 1. The molecule has 3 aliphatic heterocycles. The van der Waals surface area contributed by atoms with E-state index in [1.54, 1.807) is 45.9 Å². The van der Waals surface area contributed by atoms with Crippen molar-refractivity contribution < 1.29 is 33.8 Å². The summed E-state index contributed by atoms with van der Waals surface area (Å²) < 4.78 is 20.6. The molecular formula is C47H46N6O8Si. The fourth-order valence-corrected chi connectivity index (χ4v) is 13.8. The predicted octanol–water partition coefficient (Wildman–Crippen LogP) is 7.67. The fraction of sp³-hybridized carbons (Fsp3) is 0.277. The third kappa shape index (κ3) is 6.82. The number of carbonyl (C=O) groups excluding carboxylic acids is 2. The van der Waals surface area contributed by atoms with Crippen molar-refractivity contribution in [2.75, 3.05) is 23.5 Å². The number of aryl methyl sites for hydroxylation is 1. The fourth-order valence-electron chi connectivity index (χ4n) is 9.78. The predicted molar refractivity (Wildman–Crippen MR) is 235 cm³/mol. The molecule has 6 aromatic rings. The molecule has 0 radical (unpaired) electrons. The number of benzene rings is 5. The Morgan fingerprint density at radius 2 is 1.65 bits per heavy atom. The van der Waals surface area contributed by atoms with Gasteiger partial charge in [0, 0.05) is 55.1 Å². The molecule has 1 fully saturated rings. The molecule has 1 aromatic heterocycles. The number of aliphatic hydroxyl groups is 1. The minimum absolute atomic E-state index is 0.0421. The van der Waals surface area contributed by atoms with Crippen molar-refractivity contribution in [1.29, 1.82) is 0 Å². The molecule has 14 nitrogen and oxygen atoms in total. The Kier molecular flexibility index (Phi) is 10.5. The number of amides is 2. The van der Waals surface area contributed by atoms with Crippen molar-refractivity contribution in [2.24, 2.45) is 5.92 Å². The minimum atomic E-state index is -2.51. The summed E-state index contributed by atoms with van der Waals surface area (Å²) in [6.45, 7) is 7.17. The van der Waals surface area contributed by atoms with Gasteiger partial charge in [0.25, 0.3) is 17.5 Å². The Balaban J connectivity index is 1.08. The summed E-state index contributed by atoms with van der Waals surface area (Å²) in [5.74, 6) is 0.840. The lowest BCUT2D eigenvalue weighted by Gasteiger charge is -2.37. The second-order valence-corrected chi connectivity index (χ2v) is 21.3. The number of para-hydroxylation sites is 3. The Morgan fingerprint density at radius 3 is 2.37 bits per heavy atom. The van der Waals surface area contributed by atoms with Crippen LogP contribution in [0.5, 0.6) is 17.2 Å². The van der Waals surface area contributed by atoms with Gasteiger partial charge in [-0.25, -0.2) is 0 Å². The summed E-state index contributed by atoms with van der Waals surface area (Å²) in [6, 6.07) is 34.7. The molecule has 4 atom stereocenters. The van der Waals surface area contributed by atoms with Crippen molar-refractivity contribution >= 4 is 47.8 Å². The highest BCUT2D eigenvalue weighted by atomic mass is 28.3. The van der Waals surface area contributed by atoms with Crippen LogP contribution in [0, 0.1) is 16.0 Å². The van der Waals surface area contributed by atoms with E-state index in [1.807, 2.05) is 72.9 Å². The number of hydrogen-bond donors (Lipinski definition) is 1. The topological polar surface area (TPSA) is 162 Å². The molecule has 1 N–H and O–H groups in total. The highest BCUT2D eigenvalue weighted by Gasteiger charge is 2.66. The lowest BCUT2D eigenvalue weighted by molar-refractivity contribution is -0.385. The minimum Gasteiger partial charge on any atom is -0.497 e. The molecule has 15 heteroatoms. The van der Waals surface area contributed by atoms with Gasteiger partial charge in [-0.05, 0) is 72.1 Å². The normalized spacial score (nSPS) is 20.4. The molecule has 0 bridgehead atoms. The van der Waals surface area contributed by atoms with Gasteiger partial charge in [-0.3, -0.25) is 29.3 Å². The maximum atomic E-state index is 15.4. The van der Waals surface area contributed by atoms with Crippen LogP contribution in [-0.2, 0) is 34.6 Å². The molecule has 1 spiro atoms. The van der Waals surface area contributed by atoms with Gasteiger partial charge >= 0.3 is 0 Å². The third-order valence-corrected chi connectivity index (χ3v) is 17.2. The molecule has 1 saturated heterocycles. The number of carbonyl (C=O) groups is 2. The molecule has 4 heterocycles. The van der Waals surface area contributed by atoms with Gasteiger partial charge in [-0.15, -0.1) is 5.10 Å². The average molecular weight is 851 g/mol. The van der Waals surface area contributed by atoms with Crippen LogP contribution in [0.15, 0.2) is 121 Å². The van der Waals surface area contributed by atoms with Crippen LogP contribution in [0.2, 0.25) is 18.6 Å². The number of methoxy groups -OCH3 is 1. The molecule has 3 aliphatic rings. The molecule has 62 heavy (non-hydrogen) atoms. The van der Waals surface area contributed by atoms with Gasteiger partial charge in [0.15, 0.2) is 11.4 Å². The van der Waals surface area contributed by atoms with Crippen LogP contribution in [0.25, 0.3) is 0 Å². The van der Waals surface area contributed by atoms with Crippen LogP contribution < -0.4 is 24.5 Å². The number of non-ortho nitro benzene ring substituents is 1. The monoisotopic (exact) mass is 850 g/mol. The van der Waals surface area contributed by atoms with Crippen molar-refractivity contribution in [3.8, 4) is 17.2 Å². The number of fused-ring (bicyclic) bond motifs is 4. The zero-order chi connectivity index (χ0) is 43.3. The number of ether oxygens (including phenoxy) is 3. The van der Waals surface area contributed by atoms with E-state index in [4.69, 9.17) is 14.2 Å². The molecule has 0 aliphatic carbocycles. The van der Waals surface area contributed by atoms with E-state index in [9.17, 15) is 20.0 Å². The molecule has 2 amide bonds. The van der Waals surface area contributed by atoms with Crippen molar-refractivity contribution in [2.45, 2.75) is 63.2 Å². The van der Waals surface area contributed by atoms with Gasteiger partial charge in [0.1, 0.15) is 11.5 Å². The quantitative estimate of drug-likeness (QED) is 0.0735. The van der Waals surface area contributed by atoms with E-state index in [0.717, 1.165) is 16.5 Å². The number of aliphatic hydroxyl groups excluding tert-OH is 1. The number of hydrogen-bond acceptors (Lipinski definition) is 10. The van der Waals surface area contributed by atoms with Crippen molar-refractivity contribution in [3.05, 3.63) is 154 Å². The van der Waals surface area contributed by atoms with Crippen LogP contribution in [0.1, 0.15) is 40.5 Å². The number of anilines is 3. The number of aromatic nitrogens is 3. The second-order valence-electron chi connectivity index (χ2n) is 16.6. The molecule has 5 aromatic carbocycles. The largest absolute Gasteiger partial charge is 0.497 e. The maximum Gasteiger partial charge on any atom is 0.269 e. The smallest absolute Gasteiger partial charge is 0.269 e. The summed E-state index contributed by atoms with van der Waals surface area (Å²) in [6.07, 6.45) is 2.26. The Bertz CT molecular complexity index is 2690. The van der Waals surface area contributed by atoms with E-state index in [2.05, 4.69) is 42.5 Å². The van der Waals surface area contributed by atoms with Crippen LogP contribution in [0.3, 0.4) is 0 Å². The van der Waals surface area contributed by atoms with Gasteiger partial charge < -0.3 is 24.2 Å². The first-order valence-electron chi connectivity index (χ1n) is 20.7. The van der Waals surface area contributed by atoms with Crippen molar-refractivity contribution in [1.82, 2.24) is 15.0 Å². The first kappa shape index (κ1) is 40.7. The second kappa shape index (κ2) is 16.0. The lowest BCUT2D eigenvalue weighted by atomic mass is 9.82. The number of rotatable bonds is 12. The summed E-state index contributed by atoms with van der Waals surface area (Å²) >= 11 is 0. The van der Waals surface area contributed by atoms with Crippen LogP contribution in [0.4, 0.5) is 22.7 Å². The Hall–Kier alpha value is -6.68. The lowest BCUT2D eigenvalue weighted by Crippen LogP contribution is -2.51. The standard InChI is InChI=1S/C47H46N6O8Si/c1-30-44(62(3,4)36-20-18-35(59-2)19-21-36)43(23-25-50-29-32(24-26-54)48-49-50)61-47(30)38-27-34(53(57)58)17-22-39(38)51(46(47)56)28-31-13-15-33(16-14-31)52-40-10-6-8-12-42(40)60-41-11-7-5-9-37(41)45(52)55/h5-22,27,29-30,43-44,54H,23-26,28H2,1-4H3/t30-,43+,44-,47+/m1/s1. The van der Waals surface area contributed by atoms with Gasteiger partial charge in [0.2, 0.25) is 0 Å². The Morgan fingerprint density at radius 1 is 0.919 bits per heavy atom. The summed E-state index contributed by atoms with van der Waals surface area (Å²) in [4.78, 5) is 44.7. The van der Waals surface area contributed by atoms with Gasteiger partial charge in [-0.1, -0.05) is 78.9 Å². The highest BCUT2D eigenvalue weighted by molar-refractivity contribution is 6.91. The first-order valence-corrected chi connectivity index (χ1v) is 23.7. The highest BCUT2D eigenvalue weighted by Crippen LogP contribution is 2.60. The van der Waals surface area contributed by atoms with Crippen LogP contribution >= 0.6 is 0 Å². The maximum absolute atomic E-state index is 15.4. The van der Waals surface area contributed by atoms with Gasteiger partial charge in [0.05, 0.1) is 55.4 Å². The number of nitro benzene ring substituents is 1. The van der Waals surface area contributed by atoms with E-state index in [-0.39, 0.29) is 36.2 Å². The van der Waals surface area contributed by atoms with Crippen LogP contribution in [-0.4, -0.2) is 64.7 Å². The zero-order valence-corrected chi connectivity index (χ0v) is 35.8. The van der Waals surface area contributed by atoms with Gasteiger partial charge in [-0.2, -0.15) is 0 Å². The van der Waals surface area contributed by atoms with E-state index >= 15 is 4.79 Å². The molecule has 316 valence electrons. The summed E-state index contributed by atoms with van der Waals surface area (Å²) in [7, 11) is -0.882.